The van der Waals surface area contributed by atoms with Gasteiger partial charge in [0, 0.05) is 5.02 Å². The first-order valence-corrected chi connectivity index (χ1v) is 6.53. The Labute approximate surface area is 124 Å². The smallest absolute Gasteiger partial charge is 0.287 e. The van der Waals surface area contributed by atoms with Gasteiger partial charge >= 0.3 is 0 Å². The molecule has 6 heteroatoms. The summed E-state index contributed by atoms with van der Waals surface area (Å²) in [5.41, 5.74) is 0.615. The molecule has 1 aliphatic rings. The van der Waals surface area contributed by atoms with Crippen LogP contribution in [-0.2, 0) is 4.79 Å². The largest absolute Gasteiger partial charge is 0.503 e. The summed E-state index contributed by atoms with van der Waals surface area (Å²) in [4.78, 5) is 24.1. The highest BCUT2D eigenvalue weighted by Crippen LogP contribution is 2.32. The van der Waals surface area contributed by atoms with Crippen LogP contribution in [-0.4, -0.2) is 16.8 Å². The fraction of sp³-hybridized carbons (Fsp3) is 0.0667. The van der Waals surface area contributed by atoms with Crippen molar-refractivity contribution >= 4 is 23.3 Å². The quantitative estimate of drug-likeness (QED) is 0.855. The van der Waals surface area contributed by atoms with E-state index in [2.05, 4.69) is 5.32 Å². The highest BCUT2D eigenvalue weighted by atomic mass is 35.5. The van der Waals surface area contributed by atoms with Crippen LogP contribution in [0.2, 0.25) is 5.02 Å². The van der Waals surface area contributed by atoms with Crippen LogP contribution in [0.15, 0.2) is 58.4 Å². The molecule has 2 heterocycles. The van der Waals surface area contributed by atoms with Crippen molar-refractivity contribution in [3.8, 4) is 0 Å². The summed E-state index contributed by atoms with van der Waals surface area (Å²) in [5.74, 6) is -1.75. The summed E-state index contributed by atoms with van der Waals surface area (Å²) in [5, 5.41) is 13.0. The number of amides is 1. The molecular weight excluding hydrogens is 294 g/mol. The van der Waals surface area contributed by atoms with Crippen molar-refractivity contribution in [1.29, 1.82) is 0 Å². The minimum absolute atomic E-state index is 0.0303. The van der Waals surface area contributed by atoms with Crippen LogP contribution in [0.4, 0.5) is 0 Å². The van der Waals surface area contributed by atoms with E-state index in [9.17, 15) is 14.7 Å². The number of carbonyl (C=O) groups is 2. The van der Waals surface area contributed by atoms with E-state index in [4.69, 9.17) is 16.0 Å². The number of hydrogen-bond donors (Lipinski definition) is 2. The third kappa shape index (κ3) is 2.32. The van der Waals surface area contributed by atoms with Gasteiger partial charge in [-0.3, -0.25) is 9.59 Å². The molecule has 1 amide bonds. The minimum atomic E-state index is -0.729. The summed E-state index contributed by atoms with van der Waals surface area (Å²) in [6.45, 7) is 0. The maximum absolute atomic E-state index is 12.4. The Balaban J connectivity index is 2.03. The van der Waals surface area contributed by atoms with Gasteiger partial charge in [-0.2, -0.15) is 0 Å². The normalized spacial score (nSPS) is 18.0. The third-order valence-electron chi connectivity index (χ3n) is 3.23. The number of carbonyl (C=O) groups excluding carboxylic acids is 2. The van der Waals surface area contributed by atoms with Gasteiger partial charge in [0.15, 0.2) is 11.5 Å². The van der Waals surface area contributed by atoms with E-state index < -0.39 is 23.5 Å². The molecule has 1 aromatic carbocycles. The molecule has 1 aliphatic heterocycles. The van der Waals surface area contributed by atoms with Gasteiger partial charge in [-0.1, -0.05) is 23.7 Å². The van der Waals surface area contributed by atoms with Crippen molar-refractivity contribution in [2.45, 2.75) is 6.04 Å². The van der Waals surface area contributed by atoms with Crippen molar-refractivity contribution in [3.63, 3.8) is 0 Å². The van der Waals surface area contributed by atoms with Gasteiger partial charge in [-0.05, 0) is 29.8 Å². The number of nitrogens with one attached hydrogen (secondary N) is 1. The molecule has 1 aromatic heterocycles. The number of ketones is 1. The van der Waals surface area contributed by atoms with Crippen LogP contribution in [0.5, 0.6) is 0 Å². The average Bonchev–Trinajstić information content (AvgIpc) is 3.09. The van der Waals surface area contributed by atoms with Crippen LogP contribution in [0.1, 0.15) is 22.2 Å². The van der Waals surface area contributed by atoms with Crippen molar-refractivity contribution in [2.24, 2.45) is 0 Å². The van der Waals surface area contributed by atoms with E-state index in [0.29, 0.717) is 10.6 Å². The lowest BCUT2D eigenvalue weighted by molar-refractivity contribution is -0.119. The van der Waals surface area contributed by atoms with Crippen LogP contribution in [0.3, 0.4) is 0 Å². The number of Topliss-reactive ketones (excluding diaryl/α,β-unsaturated/α-hetero) is 1. The maximum atomic E-state index is 12.4. The molecule has 0 bridgehead atoms. The van der Waals surface area contributed by atoms with Gasteiger partial charge < -0.3 is 14.8 Å². The summed E-state index contributed by atoms with van der Waals surface area (Å²) < 4.78 is 5.04. The van der Waals surface area contributed by atoms with E-state index >= 15 is 0 Å². The standard InChI is InChI=1S/C15H10ClNO4/c16-9-5-3-8(4-6-9)12-11(14(19)15(20)17-12)13(18)10-2-1-7-21-10/h1-7,12,19H,(H,17,20)/t12-/m0/s1. The van der Waals surface area contributed by atoms with Crippen molar-refractivity contribution < 1.29 is 19.1 Å². The van der Waals surface area contributed by atoms with E-state index in [1.54, 1.807) is 30.3 Å². The van der Waals surface area contributed by atoms with Crippen molar-refractivity contribution in [3.05, 3.63) is 70.3 Å². The number of furan rings is 1. The summed E-state index contributed by atoms with van der Waals surface area (Å²) >= 11 is 5.83. The van der Waals surface area contributed by atoms with Gasteiger partial charge in [0.2, 0.25) is 5.78 Å². The highest BCUT2D eigenvalue weighted by Gasteiger charge is 2.38. The molecule has 0 saturated carbocycles. The van der Waals surface area contributed by atoms with Crippen LogP contribution in [0, 0.1) is 0 Å². The summed E-state index contributed by atoms with van der Waals surface area (Å²) in [7, 11) is 0. The number of benzene rings is 1. The molecule has 3 rings (SSSR count). The van der Waals surface area contributed by atoms with Gasteiger partial charge in [0.05, 0.1) is 17.9 Å². The van der Waals surface area contributed by atoms with E-state index in [1.807, 2.05) is 0 Å². The van der Waals surface area contributed by atoms with Crippen molar-refractivity contribution in [2.75, 3.05) is 0 Å². The molecule has 0 spiro atoms. The Morgan fingerprint density at radius 3 is 2.57 bits per heavy atom. The zero-order valence-corrected chi connectivity index (χ0v) is 11.4. The number of aliphatic hydroxyl groups excluding tert-OH is 1. The molecule has 21 heavy (non-hydrogen) atoms. The molecular formula is C15H10ClNO4. The zero-order chi connectivity index (χ0) is 15.0. The first kappa shape index (κ1) is 13.5. The predicted octanol–water partition coefficient (Wildman–Crippen LogP) is 2.80. The molecule has 0 radical (unpaired) electrons. The molecule has 1 atom stereocenters. The van der Waals surface area contributed by atoms with Crippen LogP contribution in [0.25, 0.3) is 0 Å². The van der Waals surface area contributed by atoms with E-state index in [-0.39, 0.29) is 11.3 Å². The molecule has 0 fully saturated rings. The number of halogens is 1. The maximum Gasteiger partial charge on any atom is 0.287 e. The Morgan fingerprint density at radius 1 is 1.24 bits per heavy atom. The highest BCUT2D eigenvalue weighted by molar-refractivity contribution is 6.30. The van der Waals surface area contributed by atoms with Crippen LogP contribution >= 0.6 is 11.6 Å². The number of hydrogen-bond acceptors (Lipinski definition) is 4. The Bertz CT molecular complexity index is 732. The number of rotatable bonds is 3. The first-order chi connectivity index (χ1) is 10.1. The zero-order valence-electron chi connectivity index (χ0n) is 10.7. The lowest BCUT2D eigenvalue weighted by Gasteiger charge is -2.13. The molecule has 0 saturated heterocycles. The lowest BCUT2D eigenvalue weighted by Crippen LogP contribution is -2.23. The van der Waals surface area contributed by atoms with Gasteiger partial charge in [-0.15, -0.1) is 0 Å². The Kier molecular flexibility index (Phi) is 3.27. The fourth-order valence-corrected chi connectivity index (χ4v) is 2.34. The van der Waals surface area contributed by atoms with Crippen molar-refractivity contribution in [1.82, 2.24) is 5.32 Å². The summed E-state index contributed by atoms with van der Waals surface area (Å²) in [6.07, 6.45) is 1.35. The SMILES string of the molecule is O=C1N[C@@H](c2ccc(Cl)cc2)C(C(=O)c2ccco2)=C1O. The van der Waals surface area contributed by atoms with Crippen LogP contribution < -0.4 is 5.32 Å². The number of aliphatic hydroxyl groups is 1. The monoisotopic (exact) mass is 303 g/mol. The Hall–Kier alpha value is -2.53. The topological polar surface area (TPSA) is 79.5 Å². The molecule has 5 nitrogen and oxygen atoms in total. The lowest BCUT2D eigenvalue weighted by atomic mass is 9.96. The first-order valence-electron chi connectivity index (χ1n) is 6.15. The third-order valence-corrected chi connectivity index (χ3v) is 3.48. The predicted molar refractivity (Wildman–Crippen MR) is 75.0 cm³/mol. The fourth-order valence-electron chi connectivity index (χ4n) is 2.22. The molecule has 2 aromatic rings. The summed E-state index contributed by atoms with van der Waals surface area (Å²) in [6, 6.07) is 8.97. The molecule has 0 unspecified atom stereocenters. The molecule has 2 N–H and O–H groups in total. The molecule has 0 aliphatic carbocycles. The average molecular weight is 304 g/mol. The second-order valence-electron chi connectivity index (χ2n) is 4.53. The second-order valence-corrected chi connectivity index (χ2v) is 4.96. The van der Waals surface area contributed by atoms with Gasteiger partial charge in [0.25, 0.3) is 5.91 Å². The van der Waals surface area contributed by atoms with Gasteiger partial charge in [-0.25, -0.2) is 0 Å². The van der Waals surface area contributed by atoms with E-state index in [1.165, 1.54) is 12.3 Å². The molecule has 106 valence electrons. The second kappa shape index (κ2) is 5.10. The minimum Gasteiger partial charge on any atom is -0.503 e. The van der Waals surface area contributed by atoms with Gasteiger partial charge in [0.1, 0.15) is 0 Å². The van der Waals surface area contributed by atoms with E-state index in [0.717, 1.165) is 0 Å². The Morgan fingerprint density at radius 2 is 1.95 bits per heavy atom.